The summed E-state index contributed by atoms with van der Waals surface area (Å²) in [7, 11) is 0. The zero-order valence-electron chi connectivity index (χ0n) is 7.14. The lowest BCUT2D eigenvalue weighted by Crippen LogP contribution is -1.86. The van der Waals surface area contributed by atoms with Gasteiger partial charge < -0.3 is 0 Å². The van der Waals surface area contributed by atoms with Crippen LogP contribution in [0.1, 0.15) is 0 Å². The van der Waals surface area contributed by atoms with E-state index in [0.29, 0.717) is 15.7 Å². The highest BCUT2D eigenvalue weighted by Gasteiger charge is 2.02. The van der Waals surface area contributed by atoms with Crippen molar-refractivity contribution >= 4 is 23.5 Å². The van der Waals surface area contributed by atoms with Crippen molar-refractivity contribution in [3.63, 3.8) is 0 Å². The molecule has 0 unspecified atom stereocenters. The smallest absolute Gasteiger partial charge is 0.254 e. The quantitative estimate of drug-likeness (QED) is 0.373. The summed E-state index contributed by atoms with van der Waals surface area (Å²) in [6.07, 6.45) is 4.45. The molecule has 72 valence electrons. The Kier molecular flexibility index (Phi) is 7.53. The maximum atomic E-state index is 10.2. The third-order valence-corrected chi connectivity index (χ3v) is 3.19. The van der Waals surface area contributed by atoms with Gasteiger partial charge in [-0.15, -0.1) is 36.7 Å². The molecular weight excluding hydrogens is 206 g/mol. The molecule has 0 aromatic heterocycles. The predicted molar refractivity (Wildman–Crippen MR) is 60.4 cm³/mol. The fraction of sp³-hybridized carbons (Fsp3) is 0.250. The van der Waals surface area contributed by atoms with Crippen LogP contribution in [0.2, 0.25) is 0 Å². The van der Waals surface area contributed by atoms with Crippen molar-refractivity contribution in [2.24, 2.45) is 0 Å². The Morgan fingerprint density at radius 3 is 2.08 bits per heavy atom. The van der Waals surface area contributed by atoms with Gasteiger partial charge in [0.25, 0.3) is 6.20 Å². The first-order valence-corrected chi connectivity index (χ1v) is 5.50. The minimum atomic E-state index is -0.443. The Balaban J connectivity index is 4.08. The summed E-state index contributed by atoms with van der Waals surface area (Å²) in [6.45, 7) is 7.09. The van der Waals surface area contributed by atoms with E-state index in [0.717, 1.165) is 6.20 Å². The lowest BCUT2D eigenvalue weighted by Gasteiger charge is -1.98. The maximum absolute atomic E-state index is 10.2. The molecule has 0 aromatic rings. The normalized spacial score (nSPS) is 8.92. The van der Waals surface area contributed by atoms with Gasteiger partial charge in [0, 0.05) is 11.5 Å². The van der Waals surface area contributed by atoms with Gasteiger partial charge in [-0.05, 0) is 0 Å². The Morgan fingerprint density at radius 1 is 1.31 bits per heavy atom. The van der Waals surface area contributed by atoms with Gasteiger partial charge in [0.2, 0.25) is 0 Å². The van der Waals surface area contributed by atoms with Gasteiger partial charge in [-0.1, -0.05) is 12.2 Å². The molecule has 0 aliphatic rings. The van der Waals surface area contributed by atoms with Gasteiger partial charge in [0.05, 0.1) is 4.92 Å². The van der Waals surface area contributed by atoms with E-state index in [1.807, 2.05) is 0 Å². The summed E-state index contributed by atoms with van der Waals surface area (Å²) >= 11 is 2.81. The first-order chi connectivity index (χ1) is 6.20. The fourth-order valence-electron chi connectivity index (χ4n) is 0.484. The number of thioether (sulfide) groups is 2. The Hall–Kier alpha value is -0.680. The first kappa shape index (κ1) is 12.3. The van der Waals surface area contributed by atoms with Gasteiger partial charge in [-0.25, -0.2) is 0 Å². The molecule has 0 saturated carbocycles. The molecule has 0 aliphatic heterocycles. The minimum Gasteiger partial charge on any atom is -0.259 e. The average molecular weight is 217 g/mol. The van der Waals surface area contributed by atoms with Gasteiger partial charge in [-0.2, -0.15) is 0 Å². The van der Waals surface area contributed by atoms with Crippen molar-refractivity contribution in [3.05, 3.63) is 45.9 Å². The van der Waals surface area contributed by atoms with Crippen LogP contribution in [-0.4, -0.2) is 16.4 Å². The molecule has 13 heavy (non-hydrogen) atoms. The lowest BCUT2D eigenvalue weighted by atomic mass is 10.8. The molecule has 0 amide bonds. The SMILES string of the molecule is C=CCSC(=C[N+](=O)[O-])SCC=C. The van der Waals surface area contributed by atoms with E-state index in [-0.39, 0.29) is 0 Å². The third-order valence-electron chi connectivity index (χ3n) is 0.898. The van der Waals surface area contributed by atoms with Gasteiger partial charge in [0.1, 0.15) is 4.24 Å². The van der Waals surface area contributed by atoms with Crippen molar-refractivity contribution in [3.8, 4) is 0 Å². The summed E-state index contributed by atoms with van der Waals surface area (Å²) in [5.74, 6) is 1.37. The molecule has 3 nitrogen and oxygen atoms in total. The molecule has 0 bridgehead atoms. The molecule has 0 fully saturated rings. The van der Waals surface area contributed by atoms with E-state index in [9.17, 15) is 10.1 Å². The topological polar surface area (TPSA) is 43.1 Å². The summed E-state index contributed by atoms with van der Waals surface area (Å²) in [6, 6.07) is 0. The van der Waals surface area contributed by atoms with E-state index < -0.39 is 4.92 Å². The van der Waals surface area contributed by atoms with Gasteiger partial charge in [-0.3, -0.25) is 10.1 Å². The summed E-state index contributed by atoms with van der Waals surface area (Å²) < 4.78 is 0.685. The second-order valence-electron chi connectivity index (χ2n) is 1.93. The van der Waals surface area contributed by atoms with E-state index in [4.69, 9.17) is 0 Å². The first-order valence-electron chi connectivity index (χ1n) is 3.53. The standard InChI is InChI=1S/C8H11NO2S2/c1-3-5-12-8(7-9(10)11)13-6-4-2/h3-4,7H,1-2,5-6H2. The largest absolute Gasteiger partial charge is 0.259 e. The van der Waals surface area contributed by atoms with Crippen LogP contribution in [0.4, 0.5) is 0 Å². The van der Waals surface area contributed by atoms with Crippen LogP contribution in [0, 0.1) is 10.1 Å². The minimum absolute atomic E-state index is 0.443. The molecule has 0 heterocycles. The molecule has 0 rings (SSSR count). The molecule has 0 atom stereocenters. The van der Waals surface area contributed by atoms with Crippen molar-refractivity contribution in [2.45, 2.75) is 0 Å². The van der Waals surface area contributed by atoms with Crippen LogP contribution >= 0.6 is 23.5 Å². The number of rotatable bonds is 7. The molecule has 0 spiro atoms. The summed E-state index contributed by atoms with van der Waals surface area (Å²) in [5.41, 5.74) is 0. The van der Waals surface area contributed by atoms with Gasteiger partial charge >= 0.3 is 0 Å². The Bertz CT molecular complexity index is 212. The number of hydrogen-bond donors (Lipinski definition) is 0. The van der Waals surface area contributed by atoms with Crippen LogP contribution in [-0.2, 0) is 0 Å². The van der Waals surface area contributed by atoms with Crippen LogP contribution < -0.4 is 0 Å². The highest BCUT2D eigenvalue weighted by molar-refractivity contribution is 8.22. The van der Waals surface area contributed by atoms with Crippen LogP contribution in [0.3, 0.4) is 0 Å². The average Bonchev–Trinajstić information content (AvgIpc) is 2.09. The summed E-state index contributed by atoms with van der Waals surface area (Å²) in [5, 5.41) is 10.2. The van der Waals surface area contributed by atoms with Crippen LogP contribution in [0.25, 0.3) is 0 Å². The van der Waals surface area contributed by atoms with E-state index in [1.54, 1.807) is 12.2 Å². The van der Waals surface area contributed by atoms with Crippen molar-refractivity contribution in [1.82, 2.24) is 0 Å². The molecule has 5 heteroatoms. The number of nitrogens with zero attached hydrogens (tertiary/aromatic N) is 1. The van der Waals surface area contributed by atoms with Crippen molar-refractivity contribution in [2.75, 3.05) is 11.5 Å². The van der Waals surface area contributed by atoms with Crippen LogP contribution in [0.15, 0.2) is 35.7 Å². The highest BCUT2D eigenvalue weighted by atomic mass is 32.2. The zero-order valence-corrected chi connectivity index (χ0v) is 8.77. The number of nitro groups is 1. The Morgan fingerprint density at radius 2 is 1.77 bits per heavy atom. The Labute approximate surface area is 86.1 Å². The van der Waals surface area contributed by atoms with E-state index >= 15 is 0 Å². The second kappa shape index (κ2) is 7.94. The number of hydrogen-bond acceptors (Lipinski definition) is 4. The van der Waals surface area contributed by atoms with E-state index in [2.05, 4.69) is 13.2 Å². The maximum Gasteiger partial charge on any atom is 0.254 e. The van der Waals surface area contributed by atoms with Crippen molar-refractivity contribution < 1.29 is 4.92 Å². The molecule has 0 radical (unpaired) electrons. The zero-order chi connectivity index (χ0) is 10.1. The molecule has 0 saturated heterocycles. The highest BCUT2D eigenvalue weighted by Crippen LogP contribution is 2.28. The summed E-state index contributed by atoms with van der Waals surface area (Å²) in [4.78, 5) is 9.74. The van der Waals surface area contributed by atoms with Gasteiger partial charge in [0.15, 0.2) is 0 Å². The fourth-order valence-corrected chi connectivity index (χ4v) is 2.11. The van der Waals surface area contributed by atoms with Crippen molar-refractivity contribution in [1.29, 1.82) is 0 Å². The lowest BCUT2D eigenvalue weighted by molar-refractivity contribution is -0.402. The van der Waals surface area contributed by atoms with E-state index in [1.165, 1.54) is 23.5 Å². The molecule has 0 N–H and O–H groups in total. The molecule has 0 aromatic carbocycles. The third kappa shape index (κ3) is 7.67. The second-order valence-corrected chi connectivity index (χ2v) is 4.31. The molecular formula is C8H11NO2S2. The monoisotopic (exact) mass is 217 g/mol. The van der Waals surface area contributed by atoms with Crippen LogP contribution in [0.5, 0.6) is 0 Å². The predicted octanol–water partition coefficient (Wildman–Crippen LogP) is 2.90. The molecule has 0 aliphatic carbocycles.